The Morgan fingerprint density at radius 1 is 1.64 bits per heavy atom. The van der Waals surface area contributed by atoms with E-state index in [1.807, 2.05) is 11.9 Å². The lowest BCUT2D eigenvalue weighted by Gasteiger charge is -2.16. The molecule has 5 nitrogen and oxygen atoms in total. The van der Waals surface area contributed by atoms with Gasteiger partial charge in [-0.25, -0.2) is 4.98 Å². The van der Waals surface area contributed by atoms with Gasteiger partial charge >= 0.3 is 0 Å². The van der Waals surface area contributed by atoms with Gasteiger partial charge in [0.1, 0.15) is 5.82 Å². The summed E-state index contributed by atoms with van der Waals surface area (Å²) >= 11 is 0. The number of hydrogen-bond donors (Lipinski definition) is 2. The maximum Gasteiger partial charge on any atom is 0.248 e. The summed E-state index contributed by atoms with van der Waals surface area (Å²) in [6, 6.07) is 3.24. The second-order valence-corrected chi connectivity index (χ2v) is 2.98. The molecule has 0 spiro atoms. The van der Waals surface area contributed by atoms with Gasteiger partial charge in [0.2, 0.25) is 5.91 Å². The van der Waals surface area contributed by atoms with Crippen LogP contribution in [0.5, 0.6) is 0 Å². The number of amides is 1. The van der Waals surface area contributed by atoms with E-state index in [-0.39, 0.29) is 0 Å². The second-order valence-electron chi connectivity index (χ2n) is 2.98. The number of nitrogens with two attached hydrogens (primary N) is 2. The van der Waals surface area contributed by atoms with E-state index in [0.29, 0.717) is 24.5 Å². The zero-order chi connectivity index (χ0) is 10.6. The van der Waals surface area contributed by atoms with Gasteiger partial charge in [0.25, 0.3) is 0 Å². The molecule has 0 saturated heterocycles. The summed E-state index contributed by atoms with van der Waals surface area (Å²) in [6.07, 6.45) is 1.56. The Hall–Kier alpha value is -1.62. The molecule has 0 unspecified atom stereocenters. The van der Waals surface area contributed by atoms with Crippen LogP contribution in [0.3, 0.4) is 0 Å². The van der Waals surface area contributed by atoms with E-state index in [1.54, 1.807) is 18.3 Å². The molecule has 0 bridgehead atoms. The van der Waals surface area contributed by atoms with E-state index < -0.39 is 5.91 Å². The van der Waals surface area contributed by atoms with Crippen LogP contribution in [0.15, 0.2) is 18.3 Å². The minimum atomic E-state index is -0.449. The molecule has 0 aliphatic rings. The molecular formula is C9H14N4O. The molecule has 4 N–H and O–H groups in total. The summed E-state index contributed by atoms with van der Waals surface area (Å²) in [4.78, 5) is 16.9. The SMILES string of the molecule is CN(CCN)c1cc(C(N)=O)ccn1. The maximum atomic E-state index is 10.9. The number of hydrogen-bond acceptors (Lipinski definition) is 4. The van der Waals surface area contributed by atoms with Crippen LogP contribution < -0.4 is 16.4 Å². The van der Waals surface area contributed by atoms with Crippen molar-refractivity contribution in [1.82, 2.24) is 4.98 Å². The molecule has 1 aromatic rings. The Balaban J connectivity index is 2.87. The van der Waals surface area contributed by atoms with Crippen LogP contribution in [0, 0.1) is 0 Å². The zero-order valence-corrected chi connectivity index (χ0v) is 8.10. The average Bonchev–Trinajstić information content (AvgIpc) is 2.18. The smallest absolute Gasteiger partial charge is 0.248 e. The Bertz CT molecular complexity index is 326. The Labute approximate surface area is 82.7 Å². The first-order chi connectivity index (χ1) is 6.65. The molecule has 5 heteroatoms. The number of nitrogens with zero attached hydrogens (tertiary/aromatic N) is 2. The van der Waals surface area contributed by atoms with Crippen molar-refractivity contribution in [3.05, 3.63) is 23.9 Å². The Kier molecular flexibility index (Phi) is 3.41. The number of primary amides is 1. The lowest BCUT2D eigenvalue weighted by molar-refractivity contribution is 0.1000. The van der Waals surface area contributed by atoms with Crippen LogP contribution in [0.2, 0.25) is 0 Å². The number of carbonyl (C=O) groups is 1. The first kappa shape index (κ1) is 10.5. The van der Waals surface area contributed by atoms with Crippen molar-refractivity contribution in [3.8, 4) is 0 Å². The fraction of sp³-hybridized carbons (Fsp3) is 0.333. The number of pyridine rings is 1. The molecule has 0 aliphatic carbocycles. The maximum absolute atomic E-state index is 10.9. The Morgan fingerprint density at radius 2 is 2.36 bits per heavy atom. The van der Waals surface area contributed by atoms with E-state index in [2.05, 4.69) is 4.98 Å². The fourth-order valence-corrected chi connectivity index (χ4v) is 1.09. The highest BCUT2D eigenvalue weighted by Crippen LogP contribution is 2.09. The van der Waals surface area contributed by atoms with Crippen molar-refractivity contribution >= 4 is 11.7 Å². The summed E-state index contributed by atoms with van der Waals surface area (Å²) in [5.41, 5.74) is 11.0. The summed E-state index contributed by atoms with van der Waals surface area (Å²) in [5, 5.41) is 0. The van der Waals surface area contributed by atoms with Crippen LogP contribution in [-0.4, -0.2) is 31.0 Å². The van der Waals surface area contributed by atoms with E-state index in [0.717, 1.165) is 0 Å². The number of aromatic nitrogens is 1. The van der Waals surface area contributed by atoms with Crippen LogP contribution in [0.25, 0.3) is 0 Å². The second kappa shape index (κ2) is 4.57. The highest BCUT2D eigenvalue weighted by Gasteiger charge is 2.05. The van der Waals surface area contributed by atoms with Crippen LogP contribution >= 0.6 is 0 Å². The molecule has 0 fully saturated rings. The van der Waals surface area contributed by atoms with Gasteiger partial charge in [-0.2, -0.15) is 0 Å². The largest absolute Gasteiger partial charge is 0.366 e. The Morgan fingerprint density at radius 3 is 2.93 bits per heavy atom. The summed E-state index contributed by atoms with van der Waals surface area (Å²) in [6.45, 7) is 1.23. The van der Waals surface area contributed by atoms with Gasteiger partial charge in [-0.05, 0) is 12.1 Å². The van der Waals surface area contributed by atoms with Gasteiger partial charge in [-0.1, -0.05) is 0 Å². The van der Waals surface area contributed by atoms with Gasteiger partial charge in [0, 0.05) is 31.9 Å². The third kappa shape index (κ3) is 2.43. The molecule has 0 aliphatic heterocycles. The molecule has 14 heavy (non-hydrogen) atoms. The predicted molar refractivity (Wildman–Crippen MR) is 55.1 cm³/mol. The quantitative estimate of drug-likeness (QED) is 0.681. The number of anilines is 1. The van der Waals surface area contributed by atoms with Crippen LogP contribution in [0.1, 0.15) is 10.4 Å². The molecule has 1 amide bonds. The molecule has 1 heterocycles. The van der Waals surface area contributed by atoms with E-state index >= 15 is 0 Å². The lowest BCUT2D eigenvalue weighted by atomic mass is 10.2. The van der Waals surface area contributed by atoms with Crippen molar-refractivity contribution < 1.29 is 4.79 Å². The topological polar surface area (TPSA) is 85.2 Å². The number of likely N-dealkylation sites (N-methyl/N-ethyl adjacent to an activating group) is 1. The zero-order valence-electron chi connectivity index (χ0n) is 8.10. The third-order valence-corrected chi connectivity index (χ3v) is 1.89. The van der Waals surface area contributed by atoms with Crippen LogP contribution in [0.4, 0.5) is 5.82 Å². The first-order valence-electron chi connectivity index (χ1n) is 4.32. The molecule has 0 saturated carbocycles. The summed E-state index contributed by atoms with van der Waals surface area (Å²) in [7, 11) is 1.86. The first-order valence-corrected chi connectivity index (χ1v) is 4.32. The minimum absolute atomic E-state index is 0.449. The normalized spacial score (nSPS) is 9.86. The molecular weight excluding hydrogens is 180 g/mol. The van der Waals surface area contributed by atoms with Crippen LogP contribution in [-0.2, 0) is 0 Å². The van der Waals surface area contributed by atoms with Gasteiger partial charge in [0.05, 0.1) is 0 Å². The fourth-order valence-electron chi connectivity index (χ4n) is 1.09. The summed E-state index contributed by atoms with van der Waals surface area (Å²) < 4.78 is 0. The number of rotatable bonds is 4. The van der Waals surface area contributed by atoms with E-state index in [4.69, 9.17) is 11.5 Å². The van der Waals surface area contributed by atoms with E-state index in [1.165, 1.54) is 0 Å². The standard InChI is InChI=1S/C9H14N4O/c1-13(5-3-10)8-6-7(9(11)14)2-4-12-8/h2,4,6H,3,5,10H2,1H3,(H2,11,14). The lowest BCUT2D eigenvalue weighted by Crippen LogP contribution is -2.26. The average molecular weight is 194 g/mol. The molecule has 0 atom stereocenters. The van der Waals surface area contributed by atoms with Gasteiger partial charge in [-0.15, -0.1) is 0 Å². The van der Waals surface area contributed by atoms with Gasteiger partial charge in [0.15, 0.2) is 0 Å². The van der Waals surface area contributed by atoms with Crippen molar-refractivity contribution in [2.45, 2.75) is 0 Å². The van der Waals surface area contributed by atoms with Gasteiger partial charge < -0.3 is 16.4 Å². The number of carbonyl (C=O) groups excluding carboxylic acids is 1. The van der Waals surface area contributed by atoms with Gasteiger partial charge in [-0.3, -0.25) is 4.79 Å². The molecule has 1 rings (SSSR count). The highest BCUT2D eigenvalue weighted by molar-refractivity contribution is 5.93. The highest BCUT2D eigenvalue weighted by atomic mass is 16.1. The van der Waals surface area contributed by atoms with Crippen molar-refractivity contribution in [3.63, 3.8) is 0 Å². The molecule has 1 aromatic heterocycles. The molecule has 0 radical (unpaired) electrons. The molecule has 76 valence electrons. The minimum Gasteiger partial charge on any atom is -0.366 e. The summed E-state index contributed by atoms with van der Waals surface area (Å²) in [5.74, 6) is 0.251. The monoisotopic (exact) mass is 194 g/mol. The predicted octanol–water partition coefficient (Wildman–Crippen LogP) is -0.425. The van der Waals surface area contributed by atoms with Crippen molar-refractivity contribution in [1.29, 1.82) is 0 Å². The molecule has 0 aromatic carbocycles. The van der Waals surface area contributed by atoms with E-state index in [9.17, 15) is 4.79 Å². The van der Waals surface area contributed by atoms with Crippen molar-refractivity contribution in [2.75, 3.05) is 25.0 Å². The van der Waals surface area contributed by atoms with Crippen molar-refractivity contribution in [2.24, 2.45) is 11.5 Å². The third-order valence-electron chi connectivity index (χ3n) is 1.89.